The van der Waals surface area contributed by atoms with E-state index in [0.29, 0.717) is 22.0 Å². The van der Waals surface area contributed by atoms with E-state index in [0.717, 1.165) is 10.3 Å². The molecule has 2 aromatic heterocycles. The van der Waals surface area contributed by atoms with Crippen LogP contribution in [0.15, 0.2) is 89.3 Å². The highest BCUT2D eigenvalue weighted by molar-refractivity contribution is 6.36. The lowest BCUT2D eigenvalue weighted by Crippen LogP contribution is -2.31. The quantitative estimate of drug-likeness (QED) is 0.264. The van der Waals surface area contributed by atoms with Crippen LogP contribution in [-0.2, 0) is 0 Å². The Labute approximate surface area is 197 Å². The number of rotatable bonds is 4. The number of anilines is 1. The number of furan rings is 1. The number of fused-ring (bicyclic) bond motifs is 2. The molecule has 0 spiro atoms. The molecule has 0 saturated carbocycles. The Balaban J connectivity index is 1.55. The summed E-state index contributed by atoms with van der Waals surface area (Å²) >= 11 is 6.02. The molecule has 34 heavy (non-hydrogen) atoms. The molecule has 2 amide bonds. The van der Waals surface area contributed by atoms with Gasteiger partial charge in [-0.25, -0.2) is 9.58 Å². The summed E-state index contributed by atoms with van der Waals surface area (Å²) in [4.78, 5) is 41.5. The van der Waals surface area contributed by atoms with Crippen molar-refractivity contribution in [2.24, 2.45) is 0 Å². The molecule has 0 unspecified atom stereocenters. The summed E-state index contributed by atoms with van der Waals surface area (Å²) in [6, 6.07) is 23.9. The summed E-state index contributed by atoms with van der Waals surface area (Å²) in [6.07, 6.45) is 0. The highest BCUT2D eigenvalue weighted by atomic mass is 35.5. The van der Waals surface area contributed by atoms with Gasteiger partial charge >= 0.3 is 0 Å². The number of amides is 2. The van der Waals surface area contributed by atoms with Crippen molar-refractivity contribution in [2.45, 2.75) is 0 Å². The van der Waals surface area contributed by atoms with E-state index < -0.39 is 17.6 Å². The first-order valence-corrected chi connectivity index (χ1v) is 10.8. The minimum absolute atomic E-state index is 0.00985. The third kappa shape index (κ3) is 2.98. The average Bonchev–Trinajstić information content (AvgIpc) is 3.53. The van der Waals surface area contributed by atoms with Crippen LogP contribution < -0.4 is 4.90 Å². The fourth-order valence-corrected chi connectivity index (χ4v) is 4.20. The van der Waals surface area contributed by atoms with Crippen LogP contribution in [-0.4, -0.2) is 27.4 Å². The Morgan fingerprint density at radius 3 is 2.26 bits per heavy atom. The van der Waals surface area contributed by atoms with E-state index in [4.69, 9.17) is 16.0 Å². The number of halogens is 1. The third-order valence-electron chi connectivity index (χ3n) is 5.66. The van der Waals surface area contributed by atoms with Crippen molar-refractivity contribution in [3.8, 4) is 5.69 Å². The molecule has 0 aliphatic carbocycles. The first-order valence-electron chi connectivity index (χ1n) is 10.4. The topological polar surface area (TPSA) is 85.4 Å². The van der Waals surface area contributed by atoms with Gasteiger partial charge in [-0.1, -0.05) is 48.0 Å². The molecule has 164 valence electrons. The predicted octanol–water partition coefficient (Wildman–Crippen LogP) is 5.30. The van der Waals surface area contributed by atoms with Crippen molar-refractivity contribution >= 4 is 45.9 Å². The number of imide groups is 1. The minimum atomic E-state index is -0.620. The van der Waals surface area contributed by atoms with Crippen molar-refractivity contribution in [2.75, 3.05) is 4.90 Å². The smallest absolute Gasteiger partial charge is 0.284 e. The Bertz CT molecular complexity index is 1580. The van der Waals surface area contributed by atoms with E-state index in [1.54, 1.807) is 72.8 Å². The van der Waals surface area contributed by atoms with Gasteiger partial charge in [-0.05, 0) is 48.5 Å². The van der Waals surface area contributed by atoms with Crippen molar-refractivity contribution in [3.63, 3.8) is 0 Å². The van der Waals surface area contributed by atoms with Crippen molar-refractivity contribution in [3.05, 3.63) is 113 Å². The van der Waals surface area contributed by atoms with E-state index in [2.05, 4.69) is 5.10 Å². The number of hydrogen-bond donors (Lipinski definition) is 0. The Hall–Kier alpha value is -4.49. The molecule has 0 N–H and O–H groups in total. The van der Waals surface area contributed by atoms with Gasteiger partial charge in [0.15, 0.2) is 11.5 Å². The molecule has 1 aliphatic rings. The van der Waals surface area contributed by atoms with Gasteiger partial charge in [0.25, 0.3) is 11.8 Å². The molecule has 6 rings (SSSR count). The van der Waals surface area contributed by atoms with Gasteiger partial charge in [0.05, 0.1) is 11.4 Å². The van der Waals surface area contributed by atoms with Gasteiger partial charge in [-0.15, -0.1) is 0 Å². The SMILES string of the molecule is O=C(c1cc2ccccc2o1)c1nn(-c2ccc(Cl)cc2)c2c1C(=O)N(c1ccccc1)C2=O. The second-order valence-corrected chi connectivity index (χ2v) is 8.16. The Kier molecular flexibility index (Phi) is 4.46. The number of carbonyl (C=O) groups excluding carboxylic acids is 3. The van der Waals surface area contributed by atoms with Gasteiger partial charge in [0, 0.05) is 10.4 Å². The molecule has 3 heterocycles. The third-order valence-corrected chi connectivity index (χ3v) is 5.91. The van der Waals surface area contributed by atoms with Gasteiger partial charge in [0.1, 0.15) is 16.8 Å². The summed E-state index contributed by atoms with van der Waals surface area (Å²) in [7, 11) is 0. The second-order valence-electron chi connectivity index (χ2n) is 7.72. The van der Waals surface area contributed by atoms with Gasteiger partial charge in [0.2, 0.25) is 5.78 Å². The monoisotopic (exact) mass is 467 g/mol. The van der Waals surface area contributed by atoms with E-state index in [1.807, 2.05) is 12.1 Å². The van der Waals surface area contributed by atoms with Crippen molar-refractivity contribution in [1.82, 2.24) is 9.78 Å². The molecule has 0 bridgehead atoms. The van der Waals surface area contributed by atoms with Crippen LogP contribution in [0.2, 0.25) is 5.02 Å². The number of carbonyl (C=O) groups is 3. The fourth-order valence-electron chi connectivity index (χ4n) is 4.08. The van der Waals surface area contributed by atoms with Crippen LogP contribution in [0.3, 0.4) is 0 Å². The summed E-state index contributed by atoms with van der Waals surface area (Å²) in [5.74, 6) is -1.75. The van der Waals surface area contributed by atoms with Gasteiger partial charge in [-0.3, -0.25) is 14.4 Å². The van der Waals surface area contributed by atoms with E-state index in [9.17, 15) is 14.4 Å². The maximum atomic E-state index is 13.5. The number of nitrogens with zero attached hydrogens (tertiary/aromatic N) is 3. The predicted molar refractivity (Wildman–Crippen MR) is 126 cm³/mol. The highest BCUT2D eigenvalue weighted by Gasteiger charge is 2.45. The van der Waals surface area contributed by atoms with Crippen LogP contribution in [0.1, 0.15) is 37.1 Å². The molecule has 3 aromatic carbocycles. The van der Waals surface area contributed by atoms with Crippen LogP contribution in [0.25, 0.3) is 16.7 Å². The molecule has 8 heteroatoms. The Morgan fingerprint density at radius 2 is 1.53 bits per heavy atom. The van der Waals surface area contributed by atoms with Crippen molar-refractivity contribution < 1.29 is 18.8 Å². The fraction of sp³-hybridized carbons (Fsp3) is 0. The van der Waals surface area contributed by atoms with E-state index in [1.165, 1.54) is 4.68 Å². The summed E-state index contributed by atoms with van der Waals surface area (Å²) in [5.41, 5.74) is 1.22. The molecule has 5 aromatic rings. The number of ketones is 1. The lowest BCUT2D eigenvalue weighted by atomic mass is 10.1. The lowest BCUT2D eigenvalue weighted by Gasteiger charge is -2.15. The van der Waals surface area contributed by atoms with Gasteiger partial charge in [-0.2, -0.15) is 5.10 Å². The lowest BCUT2D eigenvalue weighted by molar-refractivity contribution is 0.0914. The van der Waals surface area contributed by atoms with Crippen LogP contribution in [0, 0.1) is 0 Å². The minimum Gasteiger partial charge on any atom is -0.453 e. The molecule has 0 fully saturated rings. The van der Waals surface area contributed by atoms with Crippen LogP contribution in [0.5, 0.6) is 0 Å². The Morgan fingerprint density at radius 1 is 0.824 bits per heavy atom. The molecule has 7 nitrogen and oxygen atoms in total. The van der Waals surface area contributed by atoms with E-state index in [-0.39, 0.29) is 22.7 Å². The molecule has 0 saturated heterocycles. The number of para-hydroxylation sites is 2. The summed E-state index contributed by atoms with van der Waals surface area (Å²) in [5, 5.41) is 5.65. The summed E-state index contributed by atoms with van der Waals surface area (Å²) < 4.78 is 7.03. The van der Waals surface area contributed by atoms with Crippen LogP contribution in [0.4, 0.5) is 5.69 Å². The first-order chi connectivity index (χ1) is 16.5. The molecule has 0 atom stereocenters. The number of aromatic nitrogens is 2. The van der Waals surface area contributed by atoms with Crippen molar-refractivity contribution in [1.29, 1.82) is 0 Å². The normalized spacial score (nSPS) is 13.0. The molecular formula is C26H14ClN3O4. The number of hydrogen-bond acceptors (Lipinski definition) is 5. The zero-order valence-electron chi connectivity index (χ0n) is 17.4. The second kappa shape index (κ2) is 7.54. The standard InChI is InChI=1S/C26H14ClN3O4/c27-16-10-12-18(13-11-16)30-23-21(25(32)29(26(23)33)17-7-2-1-3-8-17)22(28-30)24(31)20-14-15-6-4-5-9-19(15)34-20/h1-14H. The zero-order chi connectivity index (χ0) is 23.4. The average molecular weight is 468 g/mol. The van der Waals surface area contributed by atoms with Gasteiger partial charge < -0.3 is 4.42 Å². The zero-order valence-corrected chi connectivity index (χ0v) is 18.2. The molecule has 1 aliphatic heterocycles. The maximum Gasteiger partial charge on any atom is 0.284 e. The van der Waals surface area contributed by atoms with E-state index >= 15 is 0 Å². The summed E-state index contributed by atoms with van der Waals surface area (Å²) in [6.45, 7) is 0. The number of benzene rings is 3. The largest absolute Gasteiger partial charge is 0.453 e. The maximum absolute atomic E-state index is 13.5. The molecule has 0 radical (unpaired) electrons. The first kappa shape index (κ1) is 20.1. The molecular weight excluding hydrogens is 454 g/mol. The van der Waals surface area contributed by atoms with Crippen LogP contribution >= 0.6 is 11.6 Å². The highest BCUT2D eigenvalue weighted by Crippen LogP contribution is 2.34.